The standard InChI is InChI=1S/C28H48O/c1-19(2)8-7-9-20(3)24-12-13-25-23-11-10-21-18-22(29-6)14-16-27(21,4)26(23)15-17-28(24,25)5/h10,19-20,22-26H,7-9,11-18H2,1-6H3/t20-,22?,23+,24-,25?,26?,27+,28-/m1/s1. The van der Waals surface area contributed by atoms with Crippen molar-refractivity contribution < 1.29 is 4.74 Å². The van der Waals surface area contributed by atoms with Gasteiger partial charge in [-0.15, -0.1) is 0 Å². The van der Waals surface area contributed by atoms with E-state index in [2.05, 4.69) is 40.7 Å². The van der Waals surface area contributed by atoms with Gasteiger partial charge < -0.3 is 4.74 Å². The molecule has 3 unspecified atom stereocenters. The molecule has 0 aromatic carbocycles. The summed E-state index contributed by atoms with van der Waals surface area (Å²) in [5.41, 5.74) is 2.85. The second-order valence-corrected chi connectivity index (χ2v) is 12.4. The van der Waals surface area contributed by atoms with Crippen molar-refractivity contribution in [2.45, 2.75) is 111 Å². The van der Waals surface area contributed by atoms with Crippen molar-refractivity contribution in [2.24, 2.45) is 46.3 Å². The fraction of sp³-hybridized carbons (Fsp3) is 0.929. The van der Waals surface area contributed by atoms with Crippen LogP contribution >= 0.6 is 0 Å². The molecular weight excluding hydrogens is 352 g/mol. The molecule has 0 N–H and O–H groups in total. The molecule has 1 heteroatoms. The Bertz CT molecular complexity index is 605. The van der Waals surface area contributed by atoms with E-state index < -0.39 is 0 Å². The summed E-state index contributed by atoms with van der Waals surface area (Å²) >= 11 is 0. The van der Waals surface area contributed by atoms with Crippen molar-refractivity contribution in [3.05, 3.63) is 11.6 Å². The van der Waals surface area contributed by atoms with Gasteiger partial charge >= 0.3 is 0 Å². The van der Waals surface area contributed by atoms with Gasteiger partial charge in [-0.05, 0) is 97.7 Å². The third kappa shape index (κ3) is 3.77. The van der Waals surface area contributed by atoms with Gasteiger partial charge in [-0.3, -0.25) is 0 Å². The maximum absolute atomic E-state index is 5.75. The van der Waals surface area contributed by atoms with Crippen LogP contribution in [0.25, 0.3) is 0 Å². The van der Waals surface area contributed by atoms with Gasteiger partial charge in [0.05, 0.1) is 6.10 Å². The van der Waals surface area contributed by atoms with Crippen LogP contribution in [0.4, 0.5) is 0 Å². The molecular formula is C28H48O. The molecule has 0 aliphatic heterocycles. The predicted molar refractivity (Wildman–Crippen MR) is 124 cm³/mol. The van der Waals surface area contributed by atoms with Crippen molar-refractivity contribution in [3.8, 4) is 0 Å². The zero-order valence-corrected chi connectivity index (χ0v) is 20.3. The highest BCUT2D eigenvalue weighted by molar-refractivity contribution is 5.25. The number of ether oxygens (including phenoxy) is 1. The van der Waals surface area contributed by atoms with Crippen LogP contribution in [0.3, 0.4) is 0 Å². The summed E-state index contributed by atoms with van der Waals surface area (Å²) in [4.78, 5) is 0. The van der Waals surface area contributed by atoms with Crippen molar-refractivity contribution in [3.63, 3.8) is 0 Å². The van der Waals surface area contributed by atoms with Crippen LogP contribution in [0.2, 0.25) is 0 Å². The molecule has 0 aromatic heterocycles. The summed E-state index contributed by atoms with van der Waals surface area (Å²) in [6, 6.07) is 0. The number of methoxy groups -OCH3 is 1. The topological polar surface area (TPSA) is 9.23 Å². The summed E-state index contributed by atoms with van der Waals surface area (Å²) in [7, 11) is 1.91. The second kappa shape index (κ2) is 8.33. The lowest BCUT2D eigenvalue weighted by Gasteiger charge is -2.58. The van der Waals surface area contributed by atoms with E-state index in [1.807, 2.05) is 7.11 Å². The Morgan fingerprint density at radius 2 is 1.79 bits per heavy atom. The fourth-order valence-corrected chi connectivity index (χ4v) is 8.85. The Morgan fingerprint density at radius 3 is 2.52 bits per heavy atom. The summed E-state index contributed by atoms with van der Waals surface area (Å²) in [5.74, 6) is 5.63. The van der Waals surface area contributed by atoms with Crippen LogP contribution < -0.4 is 0 Å². The number of hydrogen-bond acceptors (Lipinski definition) is 1. The fourth-order valence-electron chi connectivity index (χ4n) is 8.85. The van der Waals surface area contributed by atoms with Gasteiger partial charge in [-0.25, -0.2) is 0 Å². The molecule has 0 saturated heterocycles. The van der Waals surface area contributed by atoms with Crippen LogP contribution in [-0.2, 0) is 4.74 Å². The van der Waals surface area contributed by atoms with E-state index >= 15 is 0 Å². The predicted octanol–water partition coefficient (Wildman–Crippen LogP) is 8.04. The molecule has 0 radical (unpaired) electrons. The van der Waals surface area contributed by atoms with Crippen LogP contribution in [0, 0.1) is 46.3 Å². The van der Waals surface area contributed by atoms with E-state index in [1.54, 1.807) is 5.57 Å². The largest absolute Gasteiger partial charge is 0.381 e. The van der Waals surface area contributed by atoms with E-state index in [9.17, 15) is 0 Å². The molecule has 0 heterocycles. The third-order valence-corrected chi connectivity index (χ3v) is 10.6. The average Bonchev–Trinajstić information content (AvgIpc) is 3.04. The van der Waals surface area contributed by atoms with E-state index in [0.29, 0.717) is 16.9 Å². The van der Waals surface area contributed by atoms with Crippen LogP contribution in [0.15, 0.2) is 11.6 Å². The minimum absolute atomic E-state index is 0.472. The molecule has 4 aliphatic carbocycles. The Hall–Kier alpha value is -0.300. The van der Waals surface area contributed by atoms with Crippen molar-refractivity contribution in [2.75, 3.05) is 7.11 Å². The number of rotatable bonds is 6. The first-order valence-corrected chi connectivity index (χ1v) is 13.0. The first-order chi connectivity index (χ1) is 13.8. The first-order valence-electron chi connectivity index (χ1n) is 13.0. The molecule has 0 bridgehead atoms. The Labute approximate surface area is 181 Å². The van der Waals surface area contributed by atoms with Crippen LogP contribution in [0.5, 0.6) is 0 Å². The molecule has 1 nitrogen and oxygen atoms in total. The average molecular weight is 401 g/mol. The van der Waals surface area contributed by atoms with Gasteiger partial charge in [0.1, 0.15) is 0 Å². The maximum Gasteiger partial charge on any atom is 0.0608 e. The molecule has 3 saturated carbocycles. The Balaban J connectivity index is 1.48. The van der Waals surface area contributed by atoms with Crippen LogP contribution in [0.1, 0.15) is 105 Å². The molecule has 4 aliphatic rings. The highest BCUT2D eigenvalue weighted by atomic mass is 16.5. The molecule has 166 valence electrons. The van der Waals surface area contributed by atoms with Gasteiger partial charge in [-0.1, -0.05) is 65.5 Å². The molecule has 4 rings (SSSR count). The maximum atomic E-state index is 5.75. The minimum atomic E-state index is 0.472. The highest BCUT2D eigenvalue weighted by Crippen LogP contribution is 2.67. The second-order valence-electron chi connectivity index (χ2n) is 12.4. The molecule has 0 aromatic rings. The summed E-state index contributed by atoms with van der Waals surface area (Å²) in [5, 5.41) is 0. The van der Waals surface area contributed by atoms with E-state index in [4.69, 9.17) is 4.74 Å². The van der Waals surface area contributed by atoms with E-state index in [0.717, 1.165) is 35.5 Å². The summed E-state index contributed by atoms with van der Waals surface area (Å²) < 4.78 is 5.75. The summed E-state index contributed by atoms with van der Waals surface area (Å²) in [6.45, 7) is 12.7. The monoisotopic (exact) mass is 400 g/mol. The molecule has 3 fully saturated rings. The Morgan fingerprint density at radius 1 is 1.00 bits per heavy atom. The van der Waals surface area contributed by atoms with Crippen molar-refractivity contribution in [1.29, 1.82) is 0 Å². The number of hydrogen-bond donors (Lipinski definition) is 0. The minimum Gasteiger partial charge on any atom is -0.381 e. The zero-order chi connectivity index (χ0) is 20.8. The summed E-state index contributed by atoms with van der Waals surface area (Å²) in [6.07, 6.45) is 18.7. The number of fused-ring (bicyclic) bond motifs is 5. The lowest BCUT2D eigenvalue weighted by molar-refractivity contribution is -0.0601. The first kappa shape index (κ1) is 21.9. The SMILES string of the molecule is COC1CC[C@@]2(C)C(=CC[C@@H]3C2CC[C@@]2(C)C3CC[C@@H]2[C@H](C)CCCC(C)C)C1. The highest BCUT2D eigenvalue weighted by Gasteiger charge is 2.59. The Kier molecular flexibility index (Phi) is 6.29. The van der Waals surface area contributed by atoms with Gasteiger partial charge in [-0.2, -0.15) is 0 Å². The smallest absolute Gasteiger partial charge is 0.0608 e. The molecule has 0 amide bonds. The van der Waals surface area contributed by atoms with E-state index in [1.165, 1.54) is 70.6 Å². The van der Waals surface area contributed by atoms with Gasteiger partial charge in [0.2, 0.25) is 0 Å². The van der Waals surface area contributed by atoms with Gasteiger partial charge in [0.25, 0.3) is 0 Å². The van der Waals surface area contributed by atoms with Crippen molar-refractivity contribution in [1.82, 2.24) is 0 Å². The van der Waals surface area contributed by atoms with E-state index in [-0.39, 0.29) is 0 Å². The molecule has 29 heavy (non-hydrogen) atoms. The molecule has 0 spiro atoms. The van der Waals surface area contributed by atoms with Crippen molar-refractivity contribution >= 4 is 0 Å². The third-order valence-electron chi connectivity index (χ3n) is 10.6. The number of allylic oxidation sites excluding steroid dienone is 1. The lowest BCUT2D eigenvalue weighted by atomic mass is 9.47. The van der Waals surface area contributed by atoms with Gasteiger partial charge in [0, 0.05) is 7.11 Å². The molecule has 8 atom stereocenters. The zero-order valence-electron chi connectivity index (χ0n) is 20.3. The van der Waals surface area contributed by atoms with Crippen LogP contribution in [-0.4, -0.2) is 13.2 Å². The quantitative estimate of drug-likeness (QED) is 0.410. The normalized spacial score (nSPS) is 45.3. The lowest BCUT2D eigenvalue weighted by Crippen LogP contribution is -2.50. The van der Waals surface area contributed by atoms with Gasteiger partial charge in [0.15, 0.2) is 0 Å².